The van der Waals surface area contributed by atoms with E-state index >= 15 is 0 Å². The molecule has 0 N–H and O–H groups in total. The average Bonchev–Trinajstić information content (AvgIpc) is 2.76. The smallest absolute Gasteiger partial charge is 0.201 e. The van der Waals surface area contributed by atoms with Crippen LogP contribution in [-0.2, 0) is 16.1 Å². The lowest BCUT2D eigenvalue weighted by Crippen LogP contribution is -2.27. The molecular formula is C24H30F2O3. The van der Waals surface area contributed by atoms with Gasteiger partial charge < -0.3 is 14.2 Å². The maximum atomic E-state index is 14.5. The van der Waals surface area contributed by atoms with Gasteiger partial charge in [-0.2, -0.15) is 4.39 Å². The van der Waals surface area contributed by atoms with E-state index in [2.05, 4.69) is 6.92 Å². The molecule has 1 saturated heterocycles. The van der Waals surface area contributed by atoms with Crippen LogP contribution in [-0.4, -0.2) is 19.5 Å². The molecule has 1 aliphatic rings. The minimum atomic E-state index is -0.939. The van der Waals surface area contributed by atoms with E-state index < -0.39 is 11.6 Å². The summed E-state index contributed by atoms with van der Waals surface area (Å²) in [5, 5.41) is 0. The third kappa shape index (κ3) is 5.77. The molecule has 0 radical (unpaired) electrons. The van der Waals surface area contributed by atoms with E-state index in [0.29, 0.717) is 24.7 Å². The Morgan fingerprint density at radius 1 is 1.00 bits per heavy atom. The van der Waals surface area contributed by atoms with Gasteiger partial charge in [0.25, 0.3) is 0 Å². The minimum Gasteiger partial charge on any atom is -0.490 e. The second-order valence-corrected chi connectivity index (χ2v) is 7.56. The summed E-state index contributed by atoms with van der Waals surface area (Å²) >= 11 is 0. The van der Waals surface area contributed by atoms with Crippen molar-refractivity contribution >= 4 is 0 Å². The molecule has 3 nitrogen and oxygen atoms in total. The molecule has 0 bridgehead atoms. The fourth-order valence-corrected chi connectivity index (χ4v) is 3.40. The lowest BCUT2D eigenvalue weighted by atomic mass is 9.99. The highest BCUT2D eigenvalue weighted by molar-refractivity contribution is 5.65. The van der Waals surface area contributed by atoms with Crippen molar-refractivity contribution in [2.75, 3.05) is 13.2 Å². The molecule has 1 aliphatic heterocycles. The van der Waals surface area contributed by atoms with E-state index in [4.69, 9.17) is 14.2 Å². The van der Waals surface area contributed by atoms with Gasteiger partial charge in [0.1, 0.15) is 0 Å². The van der Waals surface area contributed by atoms with Gasteiger partial charge >= 0.3 is 0 Å². The molecule has 2 atom stereocenters. The van der Waals surface area contributed by atoms with Gasteiger partial charge in [-0.15, -0.1) is 0 Å². The normalized spacial score (nSPS) is 19.3. The Morgan fingerprint density at radius 3 is 2.45 bits per heavy atom. The van der Waals surface area contributed by atoms with Crippen molar-refractivity contribution < 1.29 is 23.0 Å². The molecule has 0 aromatic heterocycles. The molecule has 29 heavy (non-hydrogen) atoms. The summed E-state index contributed by atoms with van der Waals surface area (Å²) in [5.41, 5.74) is 1.80. The SMILES string of the molecule is CCCCOc1ccc(-c2ccc(COC3CCC(CC)CO3)cc2)c(F)c1F. The fraction of sp³-hybridized carbons (Fsp3) is 0.500. The summed E-state index contributed by atoms with van der Waals surface area (Å²) in [5.74, 6) is -1.23. The van der Waals surface area contributed by atoms with Gasteiger partial charge in [0, 0.05) is 5.56 Å². The zero-order valence-corrected chi connectivity index (χ0v) is 17.3. The summed E-state index contributed by atoms with van der Waals surface area (Å²) in [6.45, 7) is 5.76. The second-order valence-electron chi connectivity index (χ2n) is 7.56. The number of unbranched alkanes of at least 4 members (excludes halogenated alkanes) is 1. The highest BCUT2D eigenvalue weighted by Gasteiger charge is 2.21. The molecule has 2 aromatic rings. The number of benzene rings is 2. The van der Waals surface area contributed by atoms with Crippen molar-refractivity contribution in [2.24, 2.45) is 5.92 Å². The third-order valence-electron chi connectivity index (χ3n) is 5.41. The first kappa shape index (κ1) is 21.7. The van der Waals surface area contributed by atoms with Crippen LogP contribution >= 0.6 is 0 Å². The van der Waals surface area contributed by atoms with Gasteiger partial charge in [0.05, 0.1) is 19.8 Å². The fourth-order valence-electron chi connectivity index (χ4n) is 3.40. The predicted octanol–water partition coefficient (Wildman–Crippen LogP) is 6.49. The second kappa shape index (κ2) is 10.7. The van der Waals surface area contributed by atoms with Crippen molar-refractivity contribution in [1.29, 1.82) is 0 Å². The lowest BCUT2D eigenvalue weighted by Gasteiger charge is -2.28. The molecule has 1 heterocycles. The topological polar surface area (TPSA) is 27.7 Å². The minimum absolute atomic E-state index is 0.0393. The van der Waals surface area contributed by atoms with Gasteiger partial charge in [-0.25, -0.2) is 4.39 Å². The number of ether oxygens (including phenoxy) is 3. The number of rotatable bonds is 9. The van der Waals surface area contributed by atoms with Gasteiger partial charge in [-0.1, -0.05) is 51.0 Å². The highest BCUT2D eigenvalue weighted by Crippen LogP contribution is 2.30. The molecule has 5 heteroatoms. The molecular weight excluding hydrogens is 374 g/mol. The van der Waals surface area contributed by atoms with E-state index in [0.717, 1.165) is 44.3 Å². The first-order chi connectivity index (χ1) is 14.1. The van der Waals surface area contributed by atoms with Crippen molar-refractivity contribution in [3.05, 3.63) is 53.6 Å². The van der Waals surface area contributed by atoms with Gasteiger partial charge in [-0.3, -0.25) is 0 Å². The predicted molar refractivity (Wildman–Crippen MR) is 110 cm³/mol. The maximum absolute atomic E-state index is 14.5. The molecule has 1 fully saturated rings. The lowest BCUT2D eigenvalue weighted by molar-refractivity contribution is -0.181. The number of hydrogen-bond donors (Lipinski definition) is 0. The first-order valence-electron chi connectivity index (χ1n) is 10.6. The monoisotopic (exact) mass is 404 g/mol. The third-order valence-corrected chi connectivity index (χ3v) is 5.41. The molecule has 0 amide bonds. The Morgan fingerprint density at radius 2 is 1.79 bits per heavy atom. The first-order valence-corrected chi connectivity index (χ1v) is 10.6. The Hall–Kier alpha value is -1.98. The van der Waals surface area contributed by atoms with Crippen LogP contribution in [0.4, 0.5) is 8.78 Å². The van der Waals surface area contributed by atoms with Crippen LogP contribution in [0.25, 0.3) is 11.1 Å². The van der Waals surface area contributed by atoms with Crippen LogP contribution in [0, 0.1) is 17.6 Å². The Labute approximate surface area is 172 Å². The van der Waals surface area contributed by atoms with Gasteiger partial charge in [0.15, 0.2) is 17.9 Å². The van der Waals surface area contributed by atoms with Crippen LogP contribution in [0.1, 0.15) is 51.5 Å². The highest BCUT2D eigenvalue weighted by atomic mass is 19.2. The molecule has 2 unspecified atom stereocenters. The summed E-state index contributed by atoms with van der Waals surface area (Å²) in [6, 6.07) is 10.4. The van der Waals surface area contributed by atoms with Crippen LogP contribution in [0.3, 0.4) is 0 Å². The van der Waals surface area contributed by atoms with E-state index in [1.807, 2.05) is 19.1 Å². The molecule has 0 spiro atoms. The van der Waals surface area contributed by atoms with Crippen LogP contribution in [0.5, 0.6) is 5.75 Å². The largest absolute Gasteiger partial charge is 0.490 e. The summed E-state index contributed by atoms with van der Waals surface area (Å²) < 4.78 is 45.7. The zero-order valence-electron chi connectivity index (χ0n) is 17.3. The number of hydrogen-bond acceptors (Lipinski definition) is 3. The quantitative estimate of drug-likeness (QED) is 0.447. The maximum Gasteiger partial charge on any atom is 0.201 e. The molecule has 3 rings (SSSR count). The van der Waals surface area contributed by atoms with E-state index in [9.17, 15) is 8.78 Å². The Kier molecular flexibility index (Phi) is 8.01. The van der Waals surface area contributed by atoms with Crippen molar-refractivity contribution in [3.63, 3.8) is 0 Å². The molecule has 158 valence electrons. The summed E-state index contributed by atoms with van der Waals surface area (Å²) in [6.07, 6.45) is 4.75. The van der Waals surface area contributed by atoms with Crippen LogP contribution in [0.15, 0.2) is 36.4 Å². The Balaban J connectivity index is 1.59. The van der Waals surface area contributed by atoms with Crippen LogP contribution < -0.4 is 4.74 Å². The van der Waals surface area contributed by atoms with Crippen molar-refractivity contribution in [1.82, 2.24) is 0 Å². The summed E-state index contributed by atoms with van der Waals surface area (Å²) in [4.78, 5) is 0. The van der Waals surface area contributed by atoms with E-state index in [-0.39, 0.29) is 17.6 Å². The Bertz CT molecular complexity index is 768. The zero-order chi connectivity index (χ0) is 20.6. The van der Waals surface area contributed by atoms with E-state index in [1.165, 1.54) is 6.07 Å². The summed E-state index contributed by atoms with van der Waals surface area (Å²) in [7, 11) is 0. The van der Waals surface area contributed by atoms with Gasteiger partial charge in [-0.05, 0) is 48.4 Å². The molecule has 0 aliphatic carbocycles. The van der Waals surface area contributed by atoms with Crippen molar-refractivity contribution in [2.45, 2.75) is 58.8 Å². The van der Waals surface area contributed by atoms with E-state index in [1.54, 1.807) is 18.2 Å². The number of halogens is 2. The average molecular weight is 404 g/mol. The van der Waals surface area contributed by atoms with Crippen molar-refractivity contribution in [3.8, 4) is 16.9 Å². The van der Waals surface area contributed by atoms with Gasteiger partial charge in [0.2, 0.25) is 5.82 Å². The molecule has 2 aromatic carbocycles. The standard InChI is InChI=1S/C24H30F2O3/c1-3-5-14-27-21-12-11-20(23(25)24(21)26)19-9-6-18(7-10-19)16-29-22-13-8-17(4-2)15-28-22/h6-7,9-12,17,22H,3-5,8,13-16H2,1-2H3. The van der Waals surface area contributed by atoms with Crippen LogP contribution in [0.2, 0.25) is 0 Å². The molecule has 0 saturated carbocycles.